The Labute approximate surface area is 143 Å². The van der Waals surface area contributed by atoms with E-state index in [2.05, 4.69) is 20.9 Å². The SMILES string of the molecule is CN(C)CCN=CC1=C(O)CC(c2c(F)cccc2Br)CC1=O. The molecule has 1 N–H and O–H groups in total. The molecule has 6 heteroatoms. The average molecular weight is 383 g/mol. The molecule has 1 unspecified atom stereocenters. The average Bonchev–Trinajstić information content (AvgIpc) is 2.45. The number of ketones is 1. The lowest BCUT2D eigenvalue weighted by Gasteiger charge is -2.23. The lowest BCUT2D eigenvalue weighted by molar-refractivity contribution is -0.116. The zero-order valence-corrected chi connectivity index (χ0v) is 14.8. The second-order valence-corrected chi connectivity index (χ2v) is 6.72. The van der Waals surface area contributed by atoms with Crippen LogP contribution < -0.4 is 0 Å². The van der Waals surface area contributed by atoms with Crippen LogP contribution in [0.3, 0.4) is 0 Å². The third kappa shape index (κ3) is 4.48. The number of aliphatic hydroxyl groups excluding tert-OH is 1. The first-order valence-corrected chi connectivity index (χ1v) is 8.23. The number of nitrogens with zero attached hydrogens (tertiary/aromatic N) is 2. The van der Waals surface area contributed by atoms with Gasteiger partial charge in [-0.1, -0.05) is 22.0 Å². The number of hydrogen-bond donors (Lipinski definition) is 1. The Hall–Kier alpha value is -1.53. The number of benzene rings is 1. The van der Waals surface area contributed by atoms with Gasteiger partial charge >= 0.3 is 0 Å². The van der Waals surface area contributed by atoms with E-state index in [-0.39, 0.29) is 41.7 Å². The molecule has 1 atom stereocenters. The third-order valence-corrected chi connectivity index (χ3v) is 4.48. The molecule has 0 amide bonds. The maximum atomic E-state index is 14.0. The molecule has 0 spiro atoms. The molecule has 1 aliphatic rings. The Morgan fingerprint density at radius 3 is 2.78 bits per heavy atom. The molecular formula is C17H20BrFN2O2. The van der Waals surface area contributed by atoms with Gasteiger partial charge in [0.2, 0.25) is 0 Å². The van der Waals surface area contributed by atoms with Crippen LogP contribution in [0.15, 0.2) is 39.0 Å². The molecule has 0 fully saturated rings. The van der Waals surface area contributed by atoms with Crippen molar-refractivity contribution < 1.29 is 14.3 Å². The summed E-state index contributed by atoms with van der Waals surface area (Å²) < 4.78 is 14.7. The van der Waals surface area contributed by atoms with Crippen LogP contribution in [0, 0.1) is 5.82 Å². The summed E-state index contributed by atoms with van der Waals surface area (Å²) in [6.45, 7) is 1.32. The molecular weight excluding hydrogens is 363 g/mol. The van der Waals surface area contributed by atoms with Crippen LogP contribution in [0.4, 0.5) is 4.39 Å². The first-order valence-electron chi connectivity index (χ1n) is 7.44. The van der Waals surface area contributed by atoms with Crippen molar-refractivity contribution in [1.82, 2.24) is 4.90 Å². The van der Waals surface area contributed by atoms with Crippen LogP contribution in [0.5, 0.6) is 0 Å². The van der Waals surface area contributed by atoms with Crippen molar-refractivity contribution in [1.29, 1.82) is 0 Å². The molecule has 1 aliphatic carbocycles. The number of carbonyl (C=O) groups excluding carboxylic acids is 1. The van der Waals surface area contributed by atoms with Crippen molar-refractivity contribution in [3.8, 4) is 0 Å². The highest BCUT2D eigenvalue weighted by molar-refractivity contribution is 9.10. The van der Waals surface area contributed by atoms with Gasteiger partial charge in [-0.25, -0.2) is 4.39 Å². The van der Waals surface area contributed by atoms with E-state index in [1.54, 1.807) is 12.1 Å². The summed E-state index contributed by atoms with van der Waals surface area (Å²) in [4.78, 5) is 18.4. The summed E-state index contributed by atoms with van der Waals surface area (Å²) in [6.07, 6.45) is 1.84. The summed E-state index contributed by atoms with van der Waals surface area (Å²) in [6, 6.07) is 4.71. The van der Waals surface area contributed by atoms with Gasteiger partial charge in [0.05, 0.1) is 12.1 Å². The van der Waals surface area contributed by atoms with Crippen molar-refractivity contribution in [2.45, 2.75) is 18.8 Å². The van der Waals surface area contributed by atoms with Crippen molar-refractivity contribution in [2.24, 2.45) is 4.99 Å². The van der Waals surface area contributed by atoms with Crippen LogP contribution in [-0.2, 0) is 4.79 Å². The number of aliphatic imine (C=N–C) groups is 1. The van der Waals surface area contributed by atoms with Crippen LogP contribution in [0.2, 0.25) is 0 Å². The highest BCUT2D eigenvalue weighted by Crippen LogP contribution is 2.37. The molecule has 4 nitrogen and oxygen atoms in total. The number of rotatable bonds is 5. The number of Topliss-reactive ketones (excluding diaryl/α,β-unsaturated/α-hetero) is 1. The molecule has 0 bridgehead atoms. The molecule has 0 saturated carbocycles. The van der Waals surface area contributed by atoms with Crippen molar-refractivity contribution in [3.63, 3.8) is 0 Å². The number of aliphatic hydroxyl groups is 1. The number of carbonyl (C=O) groups is 1. The molecule has 0 heterocycles. The highest BCUT2D eigenvalue weighted by Gasteiger charge is 2.30. The van der Waals surface area contributed by atoms with Gasteiger partial charge in [-0.05, 0) is 26.2 Å². The Kier molecular flexibility index (Phi) is 6.07. The van der Waals surface area contributed by atoms with Crippen LogP contribution in [0.25, 0.3) is 0 Å². The second kappa shape index (κ2) is 7.84. The molecule has 1 aromatic rings. The predicted octanol–water partition coefficient (Wildman–Crippen LogP) is 3.48. The van der Waals surface area contributed by atoms with Crippen LogP contribution in [-0.4, -0.2) is 49.2 Å². The number of halogens is 2. The standard InChI is InChI=1S/C17H20BrFN2O2/c1-21(2)7-6-20-10-12-15(22)8-11(9-16(12)23)17-13(18)4-3-5-14(17)19/h3-5,10-11,22H,6-9H2,1-2H3. The van der Waals surface area contributed by atoms with Gasteiger partial charge in [0, 0.05) is 41.6 Å². The molecule has 1 aromatic carbocycles. The van der Waals surface area contributed by atoms with Gasteiger partial charge in [0.1, 0.15) is 11.6 Å². The normalized spacial score (nSPS) is 19.2. The van der Waals surface area contributed by atoms with Gasteiger partial charge in [-0.15, -0.1) is 0 Å². The maximum absolute atomic E-state index is 14.0. The maximum Gasteiger partial charge on any atom is 0.168 e. The van der Waals surface area contributed by atoms with E-state index in [9.17, 15) is 14.3 Å². The van der Waals surface area contributed by atoms with E-state index in [0.717, 1.165) is 6.54 Å². The van der Waals surface area contributed by atoms with Crippen LogP contribution >= 0.6 is 15.9 Å². The smallest absolute Gasteiger partial charge is 0.168 e. The molecule has 2 rings (SSSR count). The fourth-order valence-corrected chi connectivity index (χ4v) is 3.24. The molecule has 0 aliphatic heterocycles. The summed E-state index contributed by atoms with van der Waals surface area (Å²) >= 11 is 3.32. The summed E-state index contributed by atoms with van der Waals surface area (Å²) in [5.74, 6) is -0.956. The van der Waals surface area contributed by atoms with E-state index in [0.29, 0.717) is 16.6 Å². The summed E-state index contributed by atoms with van der Waals surface area (Å²) in [5.41, 5.74) is 0.684. The van der Waals surface area contributed by atoms with Gasteiger partial charge in [0.15, 0.2) is 5.78 Å². The number of hydrogen-bond acceptors (Lipinski definition) is 4. The number of allylic oxidation sites excluding steroid dienone is 2. The zero-order valence-electron chi connectivity index (χ0n) is 13.2. The monoisotopic (exact) mass is 382 g/mol. The summed E-state index contributed by atoms with van der Waals surface area (Å²) in [5, 5.41) is 10.2. The van der Waals surface area contributed by atoms with Crippen molar-refractivity contribution in [3.05, 3.63) is 45.4 Å². The third-order valence-electron chi connectivity index (χ3n) is 3.79. The minimum absolute atomic E-state index is 0.0185. The van der Waals surface area contributed by atoms with E-state index < -0.39 is 0 Å². The molecule has 0 aromatic heterocycles. The lowest BCUT2D eigenvalue weighted by Crippen LogP contribution is -2.21. The zero-order chi connectivity index (χ0) is 17.0. The van der Waals surface area contributed by atoms with Crippen LogP contribution in [0.1, 0.15) is 24.3 Å². The van der Waals surface area contributed by atoms with E-state index in [4.69, 9.17) is 0 Å². The molecule has 23 heavy (non-hydrogen) atoms. The fraction of sp³-hybridized carbons (Fsp3) is 0.412. The predicted molar refractivity (Wildman–Crippen MR) is 92.6 cm³/mol. The quantitative estimate of drug-likeness (QED) is 0.793. The minimum Gasteiger partial charge on any atom is -0.511 e. The van der Waals surface area contributed by atoms with Crippen molar-refractivity contribution in [2.75, 3.05) is 27.2 Å². The lowest BCUT2D eigenvalue weighted by atomic mass is 9.82. The second-order valence-electron chi connectivity index (χ2n) is 5.86. The van der Waals surface area contributed by atoms with E-state index in [1.807, 2.05) is 19.0 Å². The Balaban J connectivity index is 2.17. The Morgan fingerprint density at radius 2 is 2.17 bits per heavy atom. The fourth-order valence-electron chi connectivity index (χ4n) is 2.58. The Morgan fingerprint density at radius 1 is 1.43 bits per heavy atom. The van der Waals surface area contributed by atoms with Gasteiger partial charge in [-0.3, -0.25) is 9.79 Å². The largest absolute Gasteiger partial charge is 0.511 e. The molecule has 0 saturated heterocycles. The number of likely N-dealkylation sites (N-methyl/N-ethyl adjacent to an activating group) is 1. The van der Waals surface area contributed by atoms with Gasteiger partial charge < -0.3 is 10.0 Å². The first-order chi connectivity index (χ1) is 10.9. The van der Waals surface area contributed by atoms with Crippen molar-refractivity contribution >= 4 is 27.9 Å². The Bertz CT molecular complexity index is 636. The minimum atomic E-state index is -0.368. The summed E-state index contributed by atoms with van der Waals surface area (Å²) in [7, 11) is 3.88. The highest BCUT2D eigenvalue weighted by atomic mass is 79.9. The van der Waals surface area contributed by atoms with Gasteiger partial charge in [-0.2, -0.15) is 0 Å². The van der Waals surface area contributed by atoms with E-state index >= 15 is 0 Å². The van der Waals surface area contributed by atoms with Gasteiger partial charge in [0.25, 0.3) is 0 Å². The topological polar surface area (TPSA) is 52.9 Å². The molecule has 124 valence electrons. The molecule has 0 radical (unpaired) electrons. The first kappa shape index (κ1) is 17.8. The van der Waals surface area contributed by atoms with E-state index in [1.165, 1.54) is 12.3 Å².